The third-order valence-corrected chi connectivity index (χ3v) is 4.82. The summed E-state index contributed by atoms with van der Waals surface area (Å²) in [5.74, 6) is 0. The lowest BCUT2D eigenvalue weighted by atomic mass is 10.2. The smallest absolute Gasteiger partial charge is 0.211 e. The molecule has 0 heterocycles. The average molecular weight is 304 g/mol. The molecule has 0 radical (unpaired) electrons. The molecule has 0 atom stereocenters. The zero-order valence-corrected chi connectivity index (χ0v) is 12.2. The Bertz CT molecular complexity index is 635. The van der Waals surface area contributed by atoms with Gasteiger partial charge in [-0.15, -0.1) is 9.66 Å². The predicted molar refractivity (Wildman–Crippen MR) is 74.7 cm³/mol. The normalized spacial score (nSPS) is 13.2. The van der Waals surface area contributed by atoms with Crippen LogP contribution in [-0.4, -0.2) is 22.1 Å². The Morgan fingerprint density at radius 3 is 2.11 bits per heavy atom. The monoisotopic (exact) mass is 304 g/mol. The van der Waals surface area contributed by atoms with Gasteiger partial charge in [-0.2, -0.15) is 0 Å². The summed E-state index contributed by atoms with van der Waals surface area (Å²) in [5.41, 5.74) is 0.694. The van der Waals surface area contributed by atoms with Crippen LogP contribution < -0.4 is 9.66 Å². The minimum absolute atomic E-state index is 0.694. The van der Waals surface area contributed by atoms with Crippen molar-refractivity contribution >= 4 is 26.1 Å². The first kappa shape index (κ1) is 15.8. The molecule has 1 aromatic carbocycles. The second-order valence-electron chi connectivity index (χ2n) is 4.06. The molecule has 0 amide bonds. The molecule has 8 heteroatoms. The van der Waals surface area contributed by atoms with Gasteiger partial charge in [-0.3, -0.25) is 0 Å². The number of nitrogens with one attached hydrogen (secondary N) is 2. The Kier molecular flexibility index (Phi) is 5.24. The molecule has 1 aromatic rings. The van der Waals surface area contributed by atoms with E-state index in [9.17, 15) is 16.8 Å². The first-order chi connectivity index (χ1) is 8.73. The molecule has 0 saturated carbocycles. The van der Waals surface area contributed by atoms with Crippen molar-refractivity contribution in [3.05, 3.63) is 41.3 Å². The molecule has 0 saturated heterocycles. The molecule has 0 aliphatic carbocycles. The zero-order valence-electron chi connectivity index (χ0n) is 10.6. The van der Waals surface area contributed by atoms with Crippen molar-refractivity contribution < 1.29 is 16.8 Å². The molecule has 0 fully saturated rings. The van der Waals surface area contributed by atoms with Crippen molar-refractivity contribution in [2.24, 2.45) is 0 Å². The number of rotatable bonds is 6. The fourth-order valence-electron chi connectivity index (χ4n) is 1.00. The van der Waals surface area contributed by atoms with Crippen LogP contribution in [0.3, 0.4) is 0 Å². The van der Waals surface area contributed by atoms with Crippen molar-refractivity contribution in [2.45, 2.75) is 19.1 Å². The third-order valence-electron chi connectivity index (χ3n) is 2.19. The molecule has 0 aliphatic rings. The van der Waals surface area contributed by atoms with Crippen molar-refractivity contribution in [3.63, 3.8) is 0 Å². The second-order valence-corrected chi connectivity index (χ2v) is 7.86. The number of hydrogen-bond acceptors (Lipinski definition) is 4. The van der Waals surface area contributed by atoms with Gasteiger partial charge < -0.3 is 0 Å². The quantitative estimate of drug-likeness (QED) is 0.761. The molecule has 0 bridgehead atoms. The largest absolute Gasteiger partial charge is 0.247 e. The van der Waals surface area contributed by atoms with E-state index in [0.717, 1.165) is 5.41 Å². The fraction of sp³-hybridized carbons (Fsp3) is 0.273. The van der Waals surface area contributed by atoms with Crippen LogP contribution in [0.1, 0.15) is 19.4 Å². The molecule has 2 N–H and O–H groups in total. The summed E-state index contributed by atoms with van der Waals surface area (Å²) in [6, 6.07) is 8.79. The average Bonchev–Trinajstić information content (AvgIpc) is 2.36. The van der Waals surface area contributed by atoms with E-state index in [1.54, 1.807) is 35.2 Å². The number of sulfonamides is 2. The molecule has 0 aliphatic heterocycles. The highest BCUT2D eigenvalue weighted by molar-refractivity contribution is 7.94. The SMILES string of the molecule is CC(C)S(=O)(=O)NNS(=O)(=O)/C=C/c1ccccc1. The third kappa shape index (κ3) is 5.52. The van der Waals surface area contributed by atoms with Gasteiger partial charge >= 0.3 is 0 Å². The summed E-state index contributed by atoms with van der Waals surface area (Å²) in [6.45, 7) is 2.88. The van der Waals surface area contributed by atoms with E-state index >= 15 is 0 Å². The van der Waals surface area contributed by atoms with Crippen LogP contribution in [0.25, 0.3) is 6.08 Å². The van der Waals surface area contributed by atoms with Gasteiger partial charge in [0.15, 0.2) is 0 Å². The van der Waals surface area contributed by atoms with Crippen molar-refractivity contribution in [1.29, 1.82) is 0 Å². The number of benzene rings is 1. The van der Waals surface area contributed by atoms with Gasteiger partial charge in [0.2, 0.25) is 20.0 Å². The van der Waals surface area contributed by atoms with E-state index in [1.807, 2.05) is 4.83 Å². The molecule has 106 valence electrons. The van der Waals surface area contributed by atoms with Crippen LogP contribution >= 0.6 is 0 Å². The van der Waals surface area contributed by atoms with Crippen molar-refractivity contribution in [3.8, 4) is 0 Å². The van der Waals surface area contributed by atoms with Crippen LogP contribution in [0.4, 0.5) is 0 Å². The Hall–Kier alpha value is -1.22. The minimum atomic E-state index is -3.87. The topological polar surface area (TPSA) is 92.3 Å². The fourth-order valence-corrected chi connectivity index (χ4v) is 2.57. The minimum Gasteiger partial charge on any atom is -0.211 e. The standard InChI is InChI=1S/C11H16N2O4S2/c1-10(2)19(16,17)13-12-18(14,15)9-8-11-6-4-3-5-7-11/h3-10,12-13H,1-2H3/b9-8+. The molecular formula is C11H16N2O4S2. The summed E-state index contributed by atoms with van der Waals surface area (Å²) < 4.78 is 45.9. The maximum absolute atomic E-state index is 11.5. The molecule has 0 aromatic heterocycles. The molecular weight excluding hydrogens is 288 g/mol. The van der Waals surface area contributed by atoms with E-state index in [0.29, 0.717) is 5.56 Å². The van der Waals surface area contributed by atoms with Crippen molar-refractivity contribution in [2.75, 3.05) is 0 Å². The molecule has 6 nitrogen and oxygen atoms in total. The number of hydrogen-bond donors (Lipinski definition) is 2. The zero-order chi connectivity index (χ0) is 14.5. The Labute approximate surface area is 113 Å². The van der Waals surface area contributed by atoms with E-state index in [4.69, 9.17) is 0 Å². The molecule has 0 unspecified atom stereocenters. The van der Waals surface area contributed by atoms with Gasteiger partial charge in [-0.25, -0.2) is 16.8 Å². The van der Waals surface area contributed by atoms with E-state index in [-0.39, 0.29) is 0 Å². The van der Waals surface area contributed by atoms with Gasteiger partial charge in [-0.1, -0.05) is 30.3 Å². The molecule has 1 rings (SSSR count). The van der Waals surface area contributed by atoms with Crippen LogP contribution in [-0.2, 0) is 20.0 Å². The summed E-state index contributed by atoms with van der Waals surface area (Å²) in [7, 11) is -7.56. The Morgan fingerprint density at radius 1 is 1.00 bits per heavy atom. The summed E-state index contributed by atoms with van der Waals surface area (Å²) in [6.07, 6.45) is 1.37. The molecule has 0 spiro atoms. The van der Waals surface area contributed by atoms with Crippen LogP contribution in [0.5, 0.6) is 0 Å². The Balaban J connectivity index is 2.71. The first-order valence-corrected chi connectivity index (χ1v) is 8.58. The molecule has 19 heavy (non-hydrogen) atoms. The highest BCUT2D eigenvalue weighted by Crippen LogP contribution is 2.02. The summed E-state index contributed by atoms with van der Waals surface area (Å²) >= 11 is 0. The van der Waals surface area contributed by atoms with E-state index in [2.05, 4.69) is 0 Å². The van der Waals surface area contributed by atoms with Gasteiger partial charge in [0.1, 0.15) is 0 Å². The van der Waals surface area contributed by atoms with Gasteiger partial charge in [0.05, 0.1) is 5.25 Å². The lowest BCUT2D eigenvalue weighted by molar-refractivity contribution is 0.556. The van der Waals surface area contributed by atoms with Crippen LogP contribution in [0.15, 0.2) is 35.7 Å². The maximum atomic E-state index is 11.5. The summed E-state index contributed by atoms with van der Waals surface area (Å²) in [5, 5.41) is 0.166. The van der Waals surface area contributed by atoms with Crippen molar-refractivity contribution in [1.82, 2.24) is 9.66 Å². The van der Waals surface area contributed by atoms with Crippen LogP contribution in [0.2, 0.25) is 0 Å². The summed E-state index contributed by atoms with van der Waals surface area (Å²) in [4.78, 5) is 3.62. The second kappa shape index (κ2) is 6.29. The highest BCUT2D eigenvalue weighted by Gasteiger charge is 2.17. The van der Waals surface area contributed by atoms with Gasteiger partial charge in [0, 0.05) is 5.41 Å². The van der Waals surface area contributed by atoms with E-state index in [1.165, 1.54) is 19.9 Å². The predicted octanol–water partition coefficient (Wildman–Crippen LogP) is 0.820. The Morgan fingerprint density at radius 2 is 1.58 bits per heavy atom. The maximum Gasteiger partial charge on any atom is 0.247 e. The lowest BCUT2D eigenvalue weighted by Gasteiger charge is -2.09. The van der Waals surface area contributed by atoms with Gasteiger partial charge in [0.25, 0.3) is 0 Å². The lowest BCUT2D eigenvalue weighted by Crippen LogP contribution is -2.43. The van der Waals surface area contributed by atoms with E-state index < -0.39 is 25.3 Å². The highest BCUT2D eigenvalue weighted by atomic mass is 32.2. The first-order valence-electron chi connectivity index (χ1n) is 5.48. The number of hydrazine groups is 1. The van der Waals surface area contributed by atoms with Gasteiger partial charge in [-0.05, 0) is 25.5 Å². The van der Waals surface area contributed by atoms with Crippen LogP contribution in [0, 0.1) is 0 Å².